The number of nitrogens with two attached hydrogens (primary N) is 1. The maximum atomic E-state index is 11.5. The van der Waals surface area contributed by atoms with E-state index in [1.165, 1.54) is 0 Å². The Hall–Kier alpha value is -1.36. The molecule has 1 unspecified atom stereocenters. The second-order valence-electron chi connectivity index (χ2n) is 4.01. The lowest BCUT2D eigenvalue weighted by atomic mass is 10.2. The number of carbonyl (C=O) groups is 1. The van der Waals surface area contributed by atoms with Crippen LogP contribution in [0.2, 0.25) is 0 Å². The van der Waals surface area contributed by atoms with Crippen molar-refractivity contribution >= 4 is 5.91 Å². The zero-order chi connectivity index (χ0) is 12.3. The maximum absolute atomic E-state index is 11.5. The normalized spacial score (nSPS) is 12.6. The summed E-state index contributed by atoms with van der Waals surface area (Å²) in [5.41, 5.74) is 8.72. The van der Waals surface area contributed by atoms with Gasteiger partial charge in [-0.2, -0.15) is 5.10 Å². The van der Waals surface area contributed by atoms with Crippen molar-refractivity contribution in [2.24, 2.45) is 12.8 Å². The third-order valence-electron chi connectivity index (χ3n) is 2.87. The molecule has 0 aliphatic rings. The van der Waals surface area contributed by atoms with Crippen LogP contribution in [0.1, 0.15) is 30.3 Å². The Morgan fingerprint density at radius 2 is 2.19 bits per heavy atom. The third-order valence-corrected chi connectivity index (χ3v) is 2.87. The number of hydrogen-bond donors (Lipinski definition) is 2. The number of nitrogens with one attached hydrogen (secondary N) is 1. The van der Waals surface area contributed by atoms with Crippen LogP contribution in [0.25, 0.3) is 0 Å². The topological polar surface area (TPSA) is 72.9 Å². The SMILES string of the molecule is CCC(N)C(=O)NCc1c(C)nn(C)c1C. The molecule has 90 valence electrons. The summed E-state index contributed by atoms with van der Waals surface area (Å²) in [6.45, 7) is 6.32. The van der Waals surface area contributed by atoms with E-state index >= 15 is 0 Å². The van der Waals surface area contributed by atoms with E-state index in [-0.39, 0.29) is 5.91 Å². The molecule has 0 aliphatic heterocycles. The first-order chi connectivity index (χ1) is 7.47. The molecule has 0 aromatic carbocycles. The first kappa shape index (κ1) is 12.7. The number of aromatic nitrogens is 2. The van der Waals surface area contributed by atoms with Crippen LogP contribution < -0.4 is 11.1 Å². The van der Waals surface area contributed by atoms with Gasteiger partial charge in [0.1, 0.15) is 0 Å². The minimum atomic E-state index is -0.419. The molecule has 5 nitrogen and oxygen atoms in total. The highest BCUT2D eigenvalue weighted by Crippen LogP contribution is 2.11. The largest absolute Gasteiger partial charge is 0.351 e. The Balaban J connectivity index is 2.65. The van der Waals surface area contributed by atoms with Crippen LogP contribution in [0.5, 0.6) is 0 Å². The van der Waals surface area contributed by atoms with Crippen LogP contribution in [-0.2, 0) is 18.4 Å². The molecule has 1 aromatic rings. The molecule has 16 heavy (non-hydrogen) atoms. The summed E-state index contributed by atoms with van der Waals surface area (Å²) in [7, 11) is 1.89. The van der Waals surface area contributed by atoms with Gasteiger partial charge in [0.2, 0.25) is 5.91 Å². The Morgan fingerprint density at radius 3 is 2.62 bits per heavy atom. The first-order valence-corrected chi connectivity index (χ1v) is 5.49. The summed E-state index contributed by atoms with van der Waals surface area (Å²) >= 11 is 0. The fraction of sp³-hybridized carbons (Fsp3) is 0.636. The van der Waals surface area contributed by atoms with Gasteiger partial charge in [-0.25, -0.2) is 0 Å². The predicted molar refractivity (Wildman–Crippen MR) is 62.8 cm³/mol. The molecule has 1 heterocycles. The van der Waals surface area contributed by atoms with Crippen molar-refractivity contribution < 1.29 is 4.79 Å². The number of aryl methyl sites for hydroxylation is 2. The van der Waals surface area contributed by atoms with Crippen molar-refractivity contribution in [3.8, 4) is 0 Å². The van der Waals surface area contributed by atoms with Gasteiger partial charge in [0.25, 0.3) is 0 Å². The molecule has 0 aliphatic carbocycles. The van der Waals surface area contributed by atoms with E-state index in [0.29, 0.717) is 13.0 Å². The standard InChI is InChI=1S/C11H20N4O/c1-5-10(12)11(16)13-6-9-7(2)14-15(4)8(9)3/h10H,5-6,12H2,1-4H3,(H,13,16). The molecule has 0 fully saturated rings. The average Bonchev–Trinajstić information content (AvgIpc) is 2.49. The lowest BCUT2D eigenvalue weighted by Gasteiger charge is -2.10. The molecule has 0 bridgehead atoms. The van der Waals surface area contributed by atoms with Crippen LogP contribution >= 0.6 is 0 Å². The van der Waals surface area contributed by atoms with Gasteiger partial charge in [0.05, 0.1) is 11.7 Å². The Morgan fingerprint density at radius 1 is 1.56 bits per heavy atom. The third kappa shape index (κ3) is 2.61. The fourth-order valence-electron chi connectivity index (χ4n) is 1.57. The van der Waals surface area contributed by atoms with Crippen LogP contribution in [-0.4, -0.2) is 21.7 Å². The van der Waals surface area contributed by atoms with Crippen LogP contribution in [0, 0.1) is 13.8 Å². The zero-order valence-electron chi connectivity index (χ0n) is 10.4. The minimum Gasteiger partial charge on any atom is -0.351 e. The monoisotopic (exact) mass is 224 g/mol. The number of hydrogen-bond acceptors (Lipinski definition) is 3. The van der Waals surface area contributed by atoms with Crippen molar-refractivity contribution in [3.05, 3.63) is 17.0 Å². The molecular weight excluding hydrogens is 204 g/mol. The quantitative estimate of drug-likeness (QED) is 0.777. The van der Waals surface area contributed by atoms with Crippen molar-refractivity contribution in [1.82, 2.24) is 15.1 Å². The van der Waals surface area contributed by atoms with E-state index in [2.05, 4.69) is 10.4 Å². The number of rotatable bonds is 4. The van der Waals surface area contributed by atoms with Crippen LogP contribution in [0.3, 0.4) is 0 Å². The highest BCUT2D eigenvalue weighted by Gasteiger charge is 2.13. The molecule has 0 radical (unpaired) electrons. The van der Waals surface area contributed by atoms with Crippen molar-refractivity contribution in [2.45, 2.75) is 39.8 Å². The summed E-state index contributed by atoms with van der Waals surface area (Å²) in [6.07, 6.45) is 0.650. The van der Waals surface area contributed by atoms with Crippen LogP contribution in [0.4, 0.5) is 0 Å². The van der Waals surface area contributed by atoms with Gasteiger partial charge in [-0.3, -0.25) is 9.48 Å². The summed E-state index contributed by atoms with van der Waals surface area (Å²) in [5, 5.41) is 7.12. The van der Waals surface area contributed by atoms with Gasteiger partial charge in [0, 0.05) is 24.8 Å². The Labute approximate surface area is 96.0 Å². The van der Waals surface area contributed by atoms with Gasteiger partial charge in [-0.05, 0) is 20.3 Å². The van der Waals surface area contributed by atoms with E-state index < -0.39 is 6.04 Å². The molecule has 0 saturated carbocycles. The number of nitrogens with zero attached hydrogens (tertiary/aromatic N) is 2. The minimum absolute atomic E-state index is 0.106. The smallest absolute Gasteiger partial charge is 0.237 e. The van der Waals surface area contributed by atoms with Crippen LogP contribution in [0.15, 0.2) is 0 Å². The summed E-state index contributed by atoms with van der Waals surface area (Å²) in [5.74, 6) is -0.106. The lowest BCUT2D eigenvalue weighted by molar-refractivity contribution is -0.122. The zero-order valence-corrected chi connectivity index (χ0v) is 10.4. The number of carbonyl (C=O) groups excluding carboxylic acids is 1. The molecule has 1 amide bonds. The van der Waals surface area contributed by atoms with Gasteiger partial charge in [-0.15, -0.1) is 0 Å². The molecule has 1 rings (SSSR count). The van der Waals surface area contributed by atoms with E-state index in [1.54, 1.807) is 0 Å². The molecule has 1 aromatic heterocycles. The molecule has 0 spiro atoms. The predicted octanol–water partition coefficient (Wildman–Crippen LogP) is 0.390. The van der Waals surface area contributed by atoms with Crippen molar-refractivity contribution in [2.75, 3.05) is 0 Å². The van der Waals surface area contributed by atoms with Gasteiger partial charge >= 0.3 is 0 Å². The lowest BCUT2D eigenvalue weighted by Crippen LogP contribution is -2.39. The molecular formula is C11H20N4O. The summed E-state index contributed by atoms with van der Waals surface area (Å²) in [4.78, 5) is 11.5. The molecule has 3 N–H and O–H groups in total. The number of amides is 1. The van der Waals surface area contributed by atoms with E-state index in [4.69, 9.17) is 5.73 Å². The average molecular weight is 224 g/mol. The second kappa shape index (κ2) is 5.12. The van der Waals surface area contributed by atoms with Gasteiger partial charge < -0.3 is 11.1 Å². The fourth-order valence-corrected chi connectivity index (χ4v) is 1.57. The van der Waals surface area contributed by atoms with E-state index in [0.717, 1.165) is 17.0 Å². The highest BCUT2D eigenvalue weighted by atomic mass is 16.2. The van der Waals surface area contributed by atoms with Crippen molar-refractivity contribution in [3.63, 3.8) is 0 Å². The second-order valence-corrected chi connectivity index (χ2v) is 4.01. The summed E-state index contributed by atoms with van der Waals surface area (Å²) < 4.78 is 1.82. The highest BCUT2D eigenvalue weighted by molar-refractivity contribution is 5.81. The maximum Gasteiger partial charge on any atom is 0.237 e. The molecule has 1 atom stereocenters. The van der Waals surface area contributed by atoms with E-state index in [9.17, 15) is 4.79 Å². The van der Waals surface area contributed by atoms with Gasteiger partial charge in [0.15, 0.2) is 0 Å². The summed E-state index contributed by atoms with van der Waals surface area (Å²) in [6, 6.07) is -0.419. The van der Waals surface area contributed by atoms with E-state index in [1.807, 2.05) is 32.5 Å². The first-order valence-electron chi connectivity index (χ1n) is 5.49. The molecule has 0 saturated heterocycles. The Kier molecular flexibility index (Phi) is 4.06. The van der Waals surface area contributed by atoms with Crippen molar-refractivity contribution in [1.29, 1.82) is 0 Å². The molecule has 5 heteroatoms. The van der Waals surface area contributed by atoms with Gasteiger partial charge in [-0.1, -0.05) is 6.92 Å². The Bertz CT molecular complexity index is 384.